The Morgan fingerprint density at radius 3 is 2.22 bits per heavy atom. The molecule has 0 bridgehead atoms. The molecule has 0 aromatic heterocycles. The molecule has 1 aromatic rings. The zero-order valence-corrected chi connectivity index (χ0v) is 11.5. The quantitative estimate of drug-likeness (QED) is 0.658. The number of phosphoric ester groups is 1. The summed E-state index contributed by atoms with van der Waals surface area (Å²) in [4.78, 5) is 17.8. The lowest BCUT2D eigenvalue weighted by Gasteiger charge is -2.23. The van der Waals surface area contributed by atoms with Gasteiger partial charge in [0.25, 0.3) is 0 Å². The summed E-state index contributed by atoms with van der Waals surface area (Å²) in [7, 11) is -4.51. The molecule has 0 amide bonds. The maximum atomic E-state index is 10.9. The van der Waals surface area contributed by atoms with E-state index in [1.807, 2.05) is 39.8 Å². The van der Waals surface area contributed by atoms with Crippen LogP contribution in [0.1, 0.15) is 38.8 Å². The van der Waals surface area contributed by atoms with Crippen LogP contribution in [0.15, 0.2) is 18.2 Å². The minimum absolute atomic E-state index is 0. The van der Waals surface area contributed by atoms with Crippen molar-refractivity contribution >= 4 is 25.2 Å². The van der Waals surface area contributed by atoms with E-state index in [4.69, 9.17) is 14.3 Å². The summed E-state index contributed by atoms with van der Waals surface area (Å²) in [5.74, 6) is 0.253. The lowest BCUT2D eigenvalue weighted by molar-refractivity contribution is 0.281. The Morgan fingerprint density at radius 2 is 1.83 bits per heavy atom. The summed E-state index contributed by atoms with van der Waals surface area (Å²) in [6.07, 6.45) is 0.874. The van der Waals surface area contributed by atoms with Crippen molar-refractivity contribution in [1.82, 2.24) is 0 Å². The van der Waals surface area contributed by atoms with E-state index < -0.39 is 7.82 Å². The Balaban J connectivity index is 0.00000289. The number of hydrogen-bond acceptors (Lipinski definition) is 2. The molecule has 0 fully saturated rings. The third-order valence-corrected chi connectivity index (χ3v) is 2.91. The maximum absolute atomic E-state index is 10.9. The average Bonchev–Trinajstić information content (AvgIpc) is 2.14. The second kappa shape index (κ2) is 6.23. The first-order valence-corrected chi connectivity index (χ1v) is 7.05. The molecule has 102 valence electrons. The van der Waals surface area contributed by atoms with E-state index in [0.29, 0.717) is 0 Å². The van der Waals surface area contributed by atoms with Gasteiger partial charge in [0, 0.05) is 5.56 Å². The molecule has 1 aromatic carbocycles. The van der Waals surface area contributed by atoms with Gasteiger partial charge in [-0.2, -0.15) is 0 Å². The first-order valence-electron chi connectivity index (χ1n) is 5.52. The zero-order valence-electron chi connectivity index (χ0n) is 10.6. The van der Waals surface area contributed by atoms with Crippen molar-refractivity contribution in [3.63, 3.8) is 0 Å². The van der Waals surface area contributed by atoms with E-state index in [2.05, 4.69) is 0 Å². The SMILES string of the molecule is CCc1ccc(OP(=O)(O)O)c(C(C)(C)C)c1.[AlH3]. The molecular weight excluding hydrogens is 266 g/mol. The molecule has 0 aliphatic rings. The summed E-state index contributed by atoms with van der Waals surface area (Å²) in [5, 5.41) is 0. The van der Waals surface area contributed by atoms with Gasteiger partial charge < -0.3 is 4.52 Å². The van der Waals surface area contributed by atoms with E-state index in [1.54, 1.807) is 6.07 Å². The Kier molecular flexibility index (Phi) is 6.13. The third-order valence-electron chi connectivity index (χ3n) is 2.48. The van der Waals surface area contributed by atoms with E-state index in [-0.39, 0.29) is 28.5 Å². The van der Waals surface area contributed by atoms with Gasteiger partial charge in [-0.05, 0) is 23.5 Å². The molecule has 0 aliphatic heterocycles. The molecule has 2 N–H and O–H groups in total. The van der Waals surface area contributed by atoms with Crippen LogP contribution in [-0.2, 0) is 16.4 Å². The minimum Gasteiger partial charge on any atom is -0.404 e. The lowest BCUT2D eigenvalue weighted by atomic mass is 9.85. The largest absolute Gasteiger partial charge is 0.524 e. The zero-order chi connectivity index (χ0) is 13.3. The van der Waals surface area contributed by atoms with Crippen LogP contribution < -0.4 is 4.52 Å². The molecule has 0 saturated carbocycles. The van der Waals surface area contributed by atoms with E-state index in [0.717, 1.165) is 17.5 Å². The van der Waals surface area contributed by atoms with Gasteiger partial charge in [-0.15, -0.1) is 0 Å². The van der Waals surface area contributed by atoms with Gasteiger partial charge in [-0.1, -0.05) is 39.8 Å². The van der Waals surface area contributed by atoms with Crippen LogP contribution in [0.4, 0.5) is 0 Å². The first-order chi connectivity index (χ1) is 7.63. The highest BCUT2D eigenvalue weighted by molar-refractivity contribution is 7.46. The van der Waals surface area contributed by atoms with E-state index in [9.17, 15) is 4.57 Å². The Morgan fingerprint density at radius 1 is 1.28 bits per heavy atom. The molecule has 1 rings (SSSR count). The number of benzene rings is 1. The maximum Gasteiger partial charge on any atom is 0.524 e. The highest BCUT2D eigenvalue weighted by atomic mass is 31.2. The van der Waals surface area contributed by atoms with Crippen molar-refractivity contribution in [2.45, 2.75) is 39.5 Å². The number of aryl methyl sites for hydroxylation is 1. The fourth-order valence-corrected chi connectivity index (χ4v) is 2.01. The van der Waals surface area contributed by atoms with Gasteiger partial charge in [0.15, 0.2) is 17.4 Å². The van der Waals surface area contributed by atoms with Crippen molar-refractivity contribution in [3.8, 4) is 5.75 Å². The minimum atomic E-state index is -4.51. The van der Waals surface area contributed by atoms with Crippen LogP contribution in [0.25, 0.3) is 0 Å². The van der Waals surface area contributed by atoms with Crippen molar-refractivity contribution < 1.29 is 18.9 Å². The van der Waals surface area contributed by atoms with Crippen molar-refractivity contribution in [2.24, 2.45) is 0 Å². The van der Waals surface area contributed by atoms with Crippen molar-refractivity contribution in [3.05, 3.63) is 29.3 Å². The standard InChI is InChI=1S/C12H19O4P.Al.3H/c1-5-9-6-7-11(16-17(13,14)15)10(8-9)12(2,3)4;;;;/h6-8H,5H2,1-4H3,(H2,13,14,15);;;;. The molecule has 0 aliphatic carbocycles. The Bertz CT molecular complexity index is 448. The molecule has 0 atom stereocenters. The van der Waals surface area contributed by atoms with Gasteiger partial charge in [0.05, 0.1) is 0 Å². The van der Waals surface area contributed by atoms with Gasteiger partial charge in [0.2, 0.25) is 0 Å². The first kappa shape index (κ1) is 17.7. The molecule has 0 spiro atoms. The number of hydrogen-bond donors (Lipinski definition) is 2. The average molecular weight is 288 g/mol. The monoisotopic (exact) mass is 288 g/mol. The predicted octanol–water partition coefficient (Wildman–Crippen LogP) is 1.83. The second-order valence-electron chi connectivity index (χ2n) is 5.02. The molecule has 0 unspecified atom stereocenters. The lowest BCUT2D eigenvalue weighted by Crippen LogP contribution is -2.13. The van der Waals surface area contributed by atoms with Crippen LogP contribution in [0.5, 0.6) is 5.75 Å². The molecule has 0 heterocycles. The fraction of sp³-hybridized carbons (Fsp3) is 0.500. The number of rotatable bonds is 3. The van der Waals surface area contributed by atoms with Crippen molar-refractivity contribution in [2.75, 3.05) is 0 Å². The summed E-state index contributed by atoms with van der Waals surface area (Å²) < 4.78 is 15.6. The van der Waals surface area contributed by atoms with Gasteiger partial charge in [0.1, 0.15) is 5.75 Å². The molecule has 6 heteroatoms. The van der Waals surface area contributed by atoms with Gasteiger partial charge in [-0.25, -0.2) is 4.57 Å². The Labute approximate surface area is 119 Å². The molecule has 0 radical (unpaired) electrons. The predicted molar refractivity (Wildman–Crippen MR) is 77.1 cm³/mol. The van der Waals surface area contributed by atoms with Gasteiger partial charge >= 0.3 is 7.82 Å². The van der Waals surface area contributed by atoms with Crippen LogP contribution in [0, 0.1) is 0 Å². The number of phosphoric acid groups is 1. The highest BCUT2D eigenvalue weighted by Crippen LogP contribution is 2.42. The molecule has 4 nitrogen and oxygen atoms in total. The molecule has 0 saturated heterocycles. The topological polar surface area (TPSA) is 66.8 Å². The fourth-order valence-electron chi connectivity index (χ4n) is 1.59. The summed E-state index contributed by atoms with van der Waals surface area (Å²) in [6.45, 7) is 7.97. The summed E-state index contributed by atoms with van der Waals surface area (Å²) in [6, 6.07) is 5.38. The third kappa shape index (κ3) is 5.14. The molecule has 18 heavy (non-hydrogen) atoms. The van der Waals surface area contributed by atoms with E-state index >= 15 is 0 Å². The smallest absolute Gasteiger partial charge is 0.404 e. The summed E-state index contributed by atoms with van der Waals surface area (Å²) in [5.41, 5.74) is 1.70. The highest BCUT2D eigenvalue weighted by Gasteiger charge is 2.24. The second-order valence-corrected chi connectivity index (χ2v) is 6.18. The van der Waals surface area contributed by atoms with Crippen LogP contribution in [0.3, 0.4) is 0 Å². The van der Waals surface area contributed by atoms with Crippen LogP contribution in [-0.4, -0.2) is 27.1 Å². The normalized spacial score (nSPS) is 11.9. The Hall–Kier alpha value is -0.298. The van der Waals surface area contributed by atoms with Crippen molar-refractivity contribution in [1.29, 1.82) is 0 Å². The van der Waals surface area contributed by atoms with Crippen LogP contribution in [0.2, 0.25) is 0 Å². The van der Waals surface area contributed by atoms with E-state index in [1.165, 1.54) is 0 Å². The molecular formula is C12H22AlO4P. The summed E-state index contributed by atoms with van der Waals surface area (Å²) >= 11 is 0. The van der Waals surface area contributed by atoms with Gasteiger partial charge in [-0.3, -0.25) is 9.79 Å². The van der Waals surface area contributed by atoms with Crippen LogP contribution >= 0.6 is 7.82 Å².